The quantitative estimate of drug-likeness (QED) is 0.183. The van der Waals surface area contributed by atoms with Crippen LogP contribution in [0.3, 0.4) is 0 Å². The van der Waals surface area contributed by atoms with E-state index in [1.807, 2.05) is 60.8 Å². The molecule has 4 aromatic rings. The Morgan fingerprint density at radius 2 is 1.67 bits per heavy atom. The topological polar surface area (TPSA) is 56.4 Å². The van der Waals surface area contributed by atoms with Crippen LogP contribution < -0.4 is 0 Å². The van der Waals surface area contributed by atoms with Crippen LogP contribution in [-0.4, -0.2) is 46.2 Å². The predicted molar refractivity (Wildman–Crippen MR) is 161 cm³/mol. The summed E-state index contributed by atoms with van der Waals surface area (Å²) in [5, 5.41) is 2.06. The van der Waals surface area contributed by atoms with Gasteiger partial charge in [0, 0.05) is 42.8 Å². The number of H-pyrrole nitrogens is 1. The second kappa shape index (κ2) is 14.0. The maximum atomic E-state index is 13.7. The van der Waals surface area contributed by atoms with Crippen LogP contribution in [0.5, 0.6) is 0 Å². The number of hydrogen-bond acceptors (Lipinski definition) is 2. The van der Waals surface area contributed by atoms with Crippen molar-refractivity contribution < 1.29 is 9.59 Å². The number of rotatable bonds is 12. The molecular weight excluding hydrogens is 529 g/mol. The van der Waals surface area contributed by atoms with Crippen LogP contribution in [0, 0.1) is 0 Å². The molecule has 7 heteroatoms. The van der Waals surface area contributed by atoms with Crippen molar-refractivity contribution in [1.82, 2.24) is 14.8 Å². The zero-order chi connectivity index (χ0) is 27.6. The van der Waals surface area contributed by atoms with Gasteiger partial charge in [-0.25, -0.2) is 0 Å². The van der Waals surface area contributed by atoms with Gasteiger partial charge in [0.2, 0.25) is 11.8 Å². The molecule has 0 aliphatic carbocycles. The Morgan fingerprint density at radius 3 is 2.44 bits per heavy atom. The van der Waals surface area contributed by atoms with E-state index in [4.69, 9.17) is 23.2 Å². The fourth-order valence-electron chi connectivity index (χ4n) is 4.46. The van der Waals surface area contributed by atoms with Crippen LogP contribution in [0.25, 0.3) is 17.0 Å². The van der Waals surface area contributed by atoms with Gasteiger partial charge in [-0.15, -0.1) is 0 Å². The van der Waals surface area contributed by atoms with E-state index >= 15 is 0 Å². The molecule has 0 spiro atoms. The van der Waals surface area contributed by atoms with Crippen molar-refractivity contribution in [1.29, 1.82) is 0 Å². The van der Waals surface area contributed by atoms with Crippen LogP contribution >= 0.6 is 23.2 Å². The molecule has 0 aliphatic heterocycles. The molecule has 0 fully saturated rings. The summed E-state index contributed by atoms with van der Waals surface area (Å²) < 4.78 is 0. The molecule has 0 radical (unpaired) electrons. The molecule has 0 bridgehead atoms. The van der Waals surface area contributed by atoms with Crippen LogP contribution in [0.1, 0.15) is 36.5 Å². The first-order chi connectivity index (χ1) is 18.9. The molecule has 0 unspecified atom stereocenters. The van der Waals surface area contributed by atoms with Crippen molar-refractivity contribution in [2.45, 2.75) is 32.7 Å². The third kappa shape index (κ3) is 7.98. The number of nitrogens with one attached hydrogen (secondary N) is 1. The van der Waals surface area contributed by atoms with Gasteiger partial charge in [-0.3, -0.25) is 9.59 Å². The van der Waals surface area contributed by atoms with Crippen molar-refractivity contribution in [3.63, 3.8) is 0 Å². The minimum atomic E-state index is -0.174. The van der Waals surface area contributed by atoms with E-state index in [0.29, 0.717) is 36.1 Å². The average Bonchev–Trinajstić information content (AvgIpc) is 3.37. The Morgan fingerprint density at radius 1 is 0.897 bits per heavy atom. The number of aromatic amines is 1. The van der Waals surface area contributed by atoms with Crippen molar-refractivity contribution in [3.8, 4) is 0 Å². The molecule has 1 N–H and O–H groups in total. The summed E-state index contributed by atoms with van der Waals surface area (Å²) in [6.45, 7) is 3.46. The SMILES string of the molecule is CCCCN(CC(=O)N(CCc1c[nH]c2ccccc12)Cc1ccc(Cl)c(Cl)c1)C(=O)C=Cc1ccccc1. The summed E-state index contributed by atoms with van der Waals surface area (Å²) in [6.07, 6.45) is 7.75. The fraction of sp³-hybridized carbons (Fsp3) is 0.250. The Kier molecular flexibility index (Phi) is 10.2. The minimum absolute atomic E-state index is 0.00711. The van der Waals surface area contributed by atoms with Gasteiger partial charge in [0.15, 0.2) is 0 Å². The number of hydrogen-bond donors (Lipinski definition) is 1. The van der Waals surface area contributed by atoms with E-state index in [1.54, 1.807) is 34.1 Å². The van der Waals surface area contributed by atoms with Gasteiger partial charge in [0.25, 0.3) is 0 Å². The normalized spacial score (nSPS) is 11.3. The van der Waals surface area contributed by atoms with Gasteiger partial charge >= 0.3 is 0 Å². The second-order valence-corrected chi connectivity index (χ2v) is 10.3. The van der Waals surface area contributed by atoms with Gasteiger partial charge < -0.3 is 14.8 Å². The van der Waals surface area contributed by atoms with Crippen LogP contribution in [0.4, 0.5) is 0 Å². The van der Waals surface area contributed by atoms with Crippen molar-refractivity contribution in [2.75, 3.05) is 19.6 Å². The lowest BCUT2D eigenvalue weighted by Gasteiger charge is -2.27. The zero-order valence-electron chi connectivity index (χ0n) is 22.1. The number of carbonyl (C=O) groups excluding carboxylic acids is 2. The summed E-state index contributed by atoms with van der Waals surface area (Å²) in [7, 11) is 0. The maximum absolute atomic E-state index is 13.7. The number of benzene rings is 3. The largest absolute Gasteiger partial charge is 0.361 e. The Hall–Kier alpha value is -3.54. The highest BCUT2D eigenvalue weighted by molar-refractivity contribution is 6.42. The average molecular weight is 563 g/mol. The molecule has 1 aromatic heterocycles. The Balaban J connectivity index is 1.52. The highest BCUT2D eigenvalue weighted by atomic mass is 35.5. The number of halogens is 2. The lowest BCUT2D eigenvalue weighted by atomic mass is 10.1. The van der Waals surface area contributed by atoms with E-state index in [-0.39, 0.29) is 18.4 Å². The predicted octanol–water partition coefficient (Wildman–Crippen LogP) is 7.39. The lowest BCUT2D eigenvalue weighted by Crippen LogP contribution is -2.43. The van der Waals surface area contributed by atoms with Crippen molar-refractivity contribution in [2.24, 2.45) is 0 Å². The summed E-state index contributed by atoms with van der Waals surface area (Å²) in [5.74, 6) is -0.287. The first-order valence-corrected chi connectivity index (χ1v) is 14.0. The van der Waals surface area contributed by atoms with E-state index in [1.165, 1.54) is 0 Å². The van der Waals surface area contributed by atoms with Crippen molar-refractivity contribution >= 4 is 52.0 Å². The molecule has 0 saturated heterocycles. The molecule has 202 valence electrons. The number of aromatic nitrogens is 1. The number of nitrogens with zero attached hydrogens (tertiary/aromatic N) is 2. The summed E-state index contributed by atoms with van der Waals surface area (Å²) in [6, 6.07) is 23.2. The van der Waals surface area contributed by atoms with E-state index < -0.39 is 0 Å². The molecular formula is C32H33Cl2N3O2. The van der Waals surface area contributed by atoms with E-state index in [9.17, 15) is 9.59 Å². The number of fused-ring (bicyclic) bond motifs is 1. The van der Waals surface area contributed by atoms with E-state index in [0.717, 1.165) is 40.4 Å². The molecule has 0 saturated carbocycles. The highest BCUT2D eigenvalue weighted by Crippen LogP contribution is 2.24. The molecule has 0 atom stereocenters. The Labute approximate surface area is 240 Å². The van der Waals surface area contributed by atoms with Gasteiger partial charge in [-0.1, -0.05) is 91.1 Å². The molecule has 0 aliphatic rings. The maximum Gasteiger partial charge on any atom is 0.247 e. The molecule has 1 heterocycles. The Bertz CT molecular complexity index is 1430. The van der Waals surface area contributed by atoms with Gasteiger partial charge in [-0.2, -0.15) is 0 Å². The zero-order valence-corrected chi connectivity index (χ0v) is 23.6. The lowest BCUT2D eigenvalue weighted by molar-refractivity contribution is -0.138. The third-order valence-corrected chi connectivity index (χ3v) is 7.41. The summed E-state index contributed by atoms with van der Waals surface area (Å²) in [5.41, 5.74) is 4.03. The number of amides is 2. The minimum Gasteiger partial charge on any atom is -0.361 e. The summed E-state index contributed by atoms with van der Waals surface area (Å²) in [4.78, 5) is 33.6. The molecule has 2 amide bonds. The second-order valence-electron chi connectivity index (χ2n) is 9.53. The molecule has 39 heavy (non-hydrogen) atoms. The molecule has 5 nitrogen and oxygen atoms in total. The van der Waals surface area contributed by atoms with Gasteiger partial charge in [0.05, 0.1) is 10.0 Å². The molecule has 3 aromatic carbocycles. The van der Waals surface area contributed by atoms with Crippen molar-refractivity contribution in [3.05, 3.63) is 112 Å². The number of para-hydroxylation sites is 1. The van der Waals surface area contributed by atoms with Gasteiger partial charge in [0.1, 0.15) is 6.54 Å². The smallest absolute Gasteiger partial charge is 0.247 e. The van der Waals surface area contributed by atoms with Crippen LogP contribution in [0.15, 0.2) is 85.1 Å². The standard InChI is InChI=1S/C32H33Cl2N3O2/c1-2-3-18-36(31(38)16-14-24-9-5-4-6-10-24)23-32(39)37(22-25-13-15-28(33)29(34)20-25)19-17-26-21-35-30-12-8-7-11-27(26)30/h4-16,20-21,35H,2-3,17-19,22-23H2,1H3. The van der Waals surface area contributed by atoms with Crippen LogP contribution in [-0.2, 0) is 22.6 Å². The van der Waals surface area contributed by atoms with E-state index in [2.05, 4.69) is 18.0 Å². The number of carbonyl (C=O) groups is 2. The first kappa shape index (κ1) is 28.5. The first-order valence-electron chi connectivity index (χ1n) is 13.2. The number of unbranched alkanes of at least 4 members (excludes halogenated alkanes) is 1. The monoisotopic (exact) mass is 561 g/mol. The fourth-order valence-corrected chi connectivity index (χ4v) is 4.78. The van der Waals surface area contributed by atoms with Crippen LogP contribution in [0.2, 0.25) is 10.0 Å². The highest BCUT2D eigenvalue weighted by Gasteiger charge is 2.21. The van der Waals surface area contributed by atoms with Gasteiger partial charge in [-0.05, 0) is 53.8 Å². The third-order valence-electron chi connectivity index (χ3n) is 6.67. The molecule has 4 rings (SSSR count). The summed E-state index contributed by atoms with van der Waals surface area (Å²) >= 11 is 12.4.